The van der Waals surface area contributed by atoms with Crippen molar-refractivity contribution in [2.75, 3.05) is 12.3 Å². The van der Waals surface area contributed by atoms with E-state index in [2.05, 4.69) is 16.9 Å². The molecule has 0 bridgehead atoms. The molecule has 14 heavy (non-hydrogen) atoms. The average molecular weight is 211 g/mol. The second-order valence-electron chi connectivity index (χ2n) is 3.11. The second-order valence-corrected chi connectivity index (χ2v) is 4.14. The Hall–Kier alpha value is -1.36. The van der Waals surface area contributed by atoms with Crippen molar-refractivity contribution in [2.24, 2.45) is 0 Å². The molecule has 3 N–H and O–H groups in total. The summed E-state index contributed by atoms with van der Waals surface area (Å²) in [5.41, 5.74) is 7.07. The normalized spacial score (nSPS) is 9.86. The van der Waals surface area contributed by atoms with Gasteiger partial charge in [-0.05, 0) is 13.8 Å². The third kappa shape index (κ3) is 2.56. The summed E-state index contributed by atoms with van der Waals surface area (Å²) >= 11 is 1.20. The average Bonchev–Trinajstić information content (AvgIpc) is 2.41. The van der Waals surface area contributed by atoms with Crippen LogP contribution in [0.25, 0.3) is 0 Å². The molecule has 4 nitrogen and oxygen atoms in total. The number of carbonyl (C=O) groups is 1. The van der Waals surface area contributed by atoms with Gasteiger partial charge in [-0.25, -0.2) is 4.98 Å². The largest absolute Gasteiger partial charge is 0.375 e. The number of nitrogens with zero attached hydrogens (tertiary/aromatic N) is 1. The third-order valence-corrected chi connectivity index (χ3v) is 2.56. The number of thiazole rings is 1. The van der Waals surface area contributed by atoms with Gasteiger partial charge in [0.15, 0.2) is 5.13 Å². The molecule has 1 heterocycles. The maximum Gasteiger partial charge on any atom is 0.263 e. The minimum Gasteiger partial charge on any atom is -0.375 e. The van der Waals surface area contributed by atoms with Crippen molar-refractivity contribution in [1.82, 2.24) is 10.3 Å². The summed E-state index contributed by atoms with van der Waals surface area (Å²) in [5.74, 6) is -0.139. The van der Waals surface area contributed by atoms with Crippen molar-refractivity contribution in [3.63, 3.8) is 0 Å². The fourth-order valence-corrected chi connectivity index (χ4v) is 1.69. The molecule has 5 heteroatoms. The molecule has 0 saturated heterocycles. The van der Waals surface area contributed by atoms with Crippen molar-refractivity contribution >= 4 is 22.4 Å². The Morgan fingerprint density at radius 1 is 1.71 bits per heavy atom. The maximum atomic E-state index is 11.5. The van der Waals surface area contributed by atoms with Gasteiger partial charge in [0.05, 0.1) is 5.69 Å². The topological polar surface area (TPSA) is 68.0 Å². The minimum absolute atomic E-state index is 0.139. The number of hydrogen-bond donors (Lipinski definition) is 2. The summed E-state index contributed by atoms with van der Waals surface area (Å²) in [7, 11) is 0. The molecule has 0 radical (unpaired) electrons. The van der Waals surface area contributed by atoms with Gasteiger partial charge in [0, 0.05) is 6.54 Å². The predicted molar refractivity (Wildman–Crippen MR) is 58.4 cm³/mol. The Balaban J connectivity index is 2.69. The lowest BCUT2D eigenvalue weighted by atomic mass is 10.3. The highest BCUT2D eigenvalue weighted by molar-refractivity contribution is 7.17. The van der Waals surface area contributed by atoms with Crippen LogP contribution in [0.15, 0.2) is 12.2 Å². The van der Waals surface area contributed by atoms with E-state index in [-0.39, 0.29) is 5.91 Å². The number of anilines is 1. The highest BCUT2D eigenvalue weighted by atomic mass is 32.1. The van der Waals surface area contributed by atoms with Gasteiger partial charge in [-0.15, -0.1) is 0 Å². The van der Waals surface area contributed by atoms with E-state index in [1.165, 1.54) is 11.3 Å². The maximum absolute atomic E-state index is 11.5. The van der Waals surface area contributed by atoms with Crippen LogP contribution < -0.4 is 11.1 Å². The van der Waals surface area contributed by atoms with Gasteiger partial charge in [0.2, 0.25) is 0 Å². The zero-order valence-electron chi connectivity index (χ0n) is 8.26. The first kappa shape index (κ1) is 10.7. The van der Waals surface area contributed by atoms with Gasteiger partial charge in [0.1, 0.15) is 4.88 Å². The van der Waals surface area contributed by atoms with Crippen LogP contribution >= 0.6 is 11.3 Å². The third-order valence-electron chi connectivity index (χ3n) is 1.57. The Kier molecular flexibility index (Phi) is 3.24. The molecule has 1 rings (SSSR count). The molecule has 0 unspecified atom stereocenters. The number of rotatable bonds is 3. The summed E-state index contributed by atoms with van der Waals surface area (Å²) in [6, 6.07) is 0. The Morgan fingerprint density at radius 2 is 2.36 bits per heavy atom. The molecule has 0 aliphatic heterocycles. The monoisotopic (exact) mass is 211 g/mol. The van der Waals surface area contributed by atoms with Crippen LogP contribution in [0.3, 0.4) is 0 Å². The Morgan fingerprint density at radius 3 is 2.79 bits per heavy atom. The lowest BCUT2D eigenvalue weighted by Crippen LogP contribution is -2.24. The van der Waals surface area contributed by atoms with Crippen molar-refractivity contribution in [3.05, 3.63) is 22.7 Å². The van der Waals surface area contributed by atoms with Gasteiger partial charge in [-0.3, -0.25) is 4.79 Å². The van der Waals surface area contributed by atoms with E-state index in [0.29, 0.717) is 22.2 Å². The number of carbonyl (C=O) groups excluding carboxylic acids is 1. The lowest BCUT2D eigenvalue weighted by molar-refractivity contribution is 0.0960. The van der Waals surface area contributed by atoms with Gasteiger partial charge in [-0.2, -0.15) is 0 Å². The van der Waals surface area contributed by atoms with E-state index in [1.807, 2.05) is 6.92 Å². The molecule has 0 atom stereocenters. The van der Waals surface area contributed by atoms with Crippen LogP contribution in [0.2, 0.25) is 0 Å². The number of nitrogens with two attached hydrogens (primary N) is 1. The molecule has 1 amide bonds. The van der Waals surface area contributed by atoms with Gasteiger partial charge < -0.3 is 11.1 Å². The first-order valence-electron chi connectivity index (χ1n) is 4.16. The number of aryl methyl sites for hydroxylation is 1. The first-order valence-corrected chi connectivity index (χ1v) is 4.98. The van der Waals surface area contributed by atoms with Crippen LogP contribution in [0.1, 0.15) is 22.3 Å². The van der Waals surface area contributed by atoms with Crippen LogP contribution in [0, 0.1) is 6.92 Å². The summed E-state index contributed by atoms with van der Waals surface area (Å²) in [4.78, 5) is 16.1. The SMILES string of the molecule is C=C(C)CNC(=O)c1sc(N)nc1C. The standard InChI is InChI=1S/C9H13N3OS/c1-5(2)4-11-8(13)7-6(3)12-9(10)14-7/h1,4H2,2-3H3,(H2,10,12)(H,11,13). The number of hydrogen-bond acceptors (Lipinski definition) is 4. The first-order chi connectivity index (χ1) is 6.50. The van der Waals surface area contributed by atoms with E-state index < -0.39 is 0 Å². The van der Waals surface area contributed by atoms with Crippen LogP contribution in [0.4, 0.5) is 5.13 Å². The fraction of sp³-hybridized carbons (Fsp3) is 0.333. The molecule has 1 aromatic heterocycles. The number of nitrogens with one attached hydrogen (secondary N) is 1. The smallest absolute Gasteiger partial charge is 0.263 e. The summed E-state index contributed by atoms with van der Waals surface area (Å²) in [5, 5.41) is 3.15. The zero-order chi connectivity index (χ0) is 10.7. The van der Waals surface area contributed by atoms with Crippen LogP contribution in [-0.4, -0.2) is 17.4 Å². The van der Waals surface area contributed by atoms with Crippen LogP contribution in [0.5, 0.6) is 0 Å². The highest BCUT2D eigenvalue weighted by Gasteiger charge is 2.13. The molecule has 1 aromatic rings. The zero-order valence-corrected chi connectivity index (χ0v) is 9.07. The predicted octanol–water partition coefficient (Wildman–Crippen LogP) is 1.34. The van der Waals surface area contributed by atoms with E-state index in [0.717, 1.165) is 5.57 Å². The number of nitrogen functional groups attached to an aromatic ring is 1. The molecule has 0 saturated carbocycles. The molecule has 0 aliphatic carbocycles. The second kappa shape index (κ2) is 4.23. The highest BCUT2D eigenvalue weighted by Crippen LogP contribution is 2.19. The van der Waals surface area contributed by atoms with E-state index in [9.17, 15) is 4.79 Å². The van der Waals surface area contributed by atoms with Crippen molar-refractivity contribution in [1.29, 1.82) is 0 Å². The molecule has 0 fully saturated rings. The Labute approximate surface area is 86.8 Å². The molecule has 76 valence electrons. The minimum atomic E-state index is -0.139. The fourth-order valence-electron chi connectivity index (χ4n) is 0.939. The summed E-state index contributed by atoms with van der Waals surface area (Å²) < 4.78 is 0. The van der Waals surface area contributed by atoms with Crippen molar-refractivity contribution in [3.8, 4) is 0 Å². The Bertz CT molecular complexity index is 370. The van der Waals surface area contributed by atoms with Gasteiger partial charge >= 0.3 is 0 Å². The van der Waals surface area contributed by atoms with E-state index >= 15 is 0 Å². The molecular formula is C9H13N3OS. The van der Waals surface area contributed by atoms with Crippen molar-refractivity contribution < 1.29 is 4.79 Å². The van der Waals surface area contributed by atoms with E-state index in [1.54, 1.807) is 6.92 Å². The molecule has 0 aromatic carbocycles. The summed E-state index contributed by atoms with van der Waals surface area (Å²) in [6.07, 6.45) is 0. The lowest BCUT2D eigenvalue weighted by Gasteiger charge is -2.02. The van der Waals surface area contributed by atoms with Gasteiger partial charge in [0.25, 0.3) is 5.91 Å². The summed E-state index contributed by atoms with van der Waals surface area (Å²) in [6.45, 7) is 7.80. The molecular weight excluding hydrogens is 198 g/mol. The number of amides is 1. The molecule has 0 aliphatic rings. The van der Waals surface area contributed by atoms with E-state index in [4.69, 9.17) is 5.73 Å². The van der Waals surface area contributed by atoms with Crippen molar-refractivity contribution in [2.45, 2.75) is 13.8 Å². The molecule has 0 spiro atoms. The quantitative estimate of drug-likeness (QED) is 0.741. The van der Waals surface area contributed by atoms with Gasteiger partial charge in [-0.1, -0.05) is 23.5 Å². The van der Waals surface area contributed by atoms with Crippen LogP contribution in [-0.2, 0) is 0 Å². The number of aromatic nitrogens is 1.